The molecule has 0 amide bonds. The molecule has 24 heavy (non-hydrogen) atoms. The lowest BCUT2D eigenvalue weighted by molar-refractivity contribution is 0.382. The number of hydrogen-bond donors (Lipinski definition) is 3. The summed E-state index contributed by atoms with van der Waals surface area (Å²) >= 11 is 1.91. The van der Waals surface area contributed by atoms with Crippen molar-refractivity contribution in [2.45, 2.75) is 57.5 Å². The van der Waals surface area contributed by atoms with Crippen molar-refractivity contribution in [3.63, 3.8) is 0 Å². The number of phenolic OH excluding ortho intramolecular Hbond substituents is 2. The summed E-state index contributed by atoms with van der Waals surface area (Å²) in [4.78, 5) is 2.83. The molecule has 0 bridgehead atoms. The number of nitrogens with one attached hydrogen (secondary N) is 1. The third-order valence-corrected chi connectivity index (χ3v) is 6.72. The van der Waals surface area contributed by atoms with Gasteiger partial charge in [0.2, 0.25) is 0 Å². The van der Waals surface area contributed by atoms with Gasteiger partial charge in [-0.3, -0.25) is 0 Å². The zero-order chi connectivity index (χ0) is 16.4. The summed E-state index contributed by atoms with van der Waals surface area (Å²) in [7, 11) is 0. The number of rotatable bonds is 0. The second kappa shape index (κ2) is 6.04. The van der Waals surface area contributed by atoms with E-state index in [1.807, 2.05) is 11.3 Å². The van der Waals surface area contributed by atoms with Crippen LogP contribution < -0.4 is 5.32 Å². The van der Waals surface area contributed by atoms with Crippen molar-refractivity contribution in [1.82, 2.24) is 5.32 Å². The topological polar surface area (TPSA) is 52.5 Å². The Morgan fingerprint density at radius 3 is 2.50 bits per heavy atom. The van der Waals surface area contributed by atoms with Gasteiger partial charge < -0.3 is 15.5 Å². The predicted molar refractivity (Wildman–Crippen MR) is 104 cm³/mol. The first-order valence-corrected chi connectivity index (χ1v) is 9.07. The van der Waals surface area contributed by atoms with E-state index >= 15 is 0 Å². The van der Waals surface area contributed by atoms with Gasteiger partial charge in [0.05, 0.1) is 0 Å². The summed E-state index contributed by atoms with van der Waals surface area (Å²) < 4.78 is 0. The lowest BCUT2D eigenvalue weighted by Gasteiger charge is -2.38. The van der Waals surface area contributed by atoms with E-state index in [2.05, 4.69) is 32.2 Å². The van der Waals surface area contributed by atoms with E-state index in [0.29, 0.717) is 6.04 Å². The molecule has 2 atom stereocenters. The molecule has 2 aromatic rings. The molecular weight excluding hydrogens is 386 g/mol. The molecule has 0 saturated heterocycles. The van der Waals surface area contributed by atoms with Gasteiger partial charge >= 0.3 is 0 Å². The van der Waals surface area contributed by atoms with Crippen molar-refractivity contribution >= 4 is 28.3 Å². The minimum absolute atomic E-state index is 0. The third-order valence-electron chi connectivity index (χ3n) is 5.14. The number of aromatic hydroxyl groups is 2. The Bertz CT molecular complexity index is 778. The quantitative estimate of drug-likeness (QED) is 0.557. The van der Waals surface area contributed by atoms with Crippen LogP contribution in [0.1, 0.15) is 59.6 Å². The first kappa shape index (κ1) is 17.8. The largest absolute Gasteiger partial charge is 0.504 e. The maximum Gasteiger partial charge on any atom is 0.157 e. The molecule has 1 aliphatic carbocycles. The second-order valence-corrected chi connectivity index (χ2v) is 8.92. The monoisotopic (exact) mass is 409 g/mol. The van der Waals surface area contributed by atoms with Crippen LogP contribution in [0.3, 0.4) is 0 Å². The Morgan fingerprint density at radius 2 is 1.79 bits per heavy atom. The van der Waals surface area contributed by atoms with E-state index in [1.165, 1.54) is 26.4 Å². The van der Waals surface area contributed by atoms with Gasteiger partial charge in [-0.05, 0) is 53.1 Å². The van der Waals surface area contributed by atoms with Crippen molar-refractivity contribution < 1.29 is 10.2 Å². The van der Waals surface area contributed by atoms with Crippen LogP contribution in [0.2, 0.25) is 0 Å². The maximum atomic E-state index is 9.98. The van der Waals surface area contributed by atoms with Crippen LogP contribution in [0, 0.1) is 0 Å². The van der Waals surface area contributed by atoms with E-state index in [-0.39, 0.29) is 39.8 Å². The maximum absolute atomic E-state index is 9.98. The van der Waals surface area contributed by atoms with Gasteiger partial charge in [0, 0.05) is 28.3 Å². The molecule has 4 rings (SSSR count). The van der Waals surface area contributed by atoms with Gasteiger partial charge in [-0.1, -0.05) is 20.8 Å². The number of fused-ring (bicyclic) bond motifs is 5. The van der Waals surface area contributed by atoms with Crippen LogP contribution in [0.5, 0.6) is 11.5 Å². The third kappa shape index (κ3) is 2.76. The number of hydrogen-bond acceptors (Lipinski definition) is 4. The minimum atomic E-state index is -0.0113. The molecule has 1 aromatic carbocycles. The smallest absolute Gasteiger partial charge is 0.157 e. The first-order valence-electron chi connectivity index (χ1n) is 8.26. The second-order valence-electron chi connectivity index (χ2n) is 7.78. The van der Waals surface area contributed by atoms with Gasteiger partial charge in [-0.2, -0.15) is 0 Å². The molecule has 2 heterocycles. The molecule has 0 fully saturated rings. The number of thiophene rings is 1. The van der Waals surface area contributed by atoms with E-state index in [0.717, 1.165) is 19.4 Å². The molecule has 5 heteroatoms. The Morgan fingerprint density at radius 1 is 1.08 bits per heavy atom. The summed E-state index contributed by atoms with van der Waals surface area (Å²) in [5.41, 5.74) is 3.91. The number of phenols is 2. The van der Waals surface area contributed by atoms with Crippen LogP contribution in [-0.2, 0) is 18.4 Å². The van der Waals surface area contributed by atoms with E-state index in [9.17, 15) is 10.2 Å². The van der Waals surface area contributed by atoms with Gasteiger partial charge in [0.1, 0.15) is 0 Å². The average molecular weight is 410 g/mol. The molecule has 2 aliphatic rings. The highest BCUT2D eigenvalue weighted by Crippen LogP contribution is 2.47. The van der Waals surface area contributed by atoms with Crippen LogP contribution in [0.4, 0.5) is 0 Å². The van der Waals surface area contributed by atoms with Gasteiger partial charge in [-0.15, -0.1) is 28.3 Å². The fraction of sp³-hybridized carbons (Fsp3) is 0.474. The molecular formula is C19H24BrNO2S. The van der Waals surface area contributed by atoms with E-state index in [1.54, 1.807) is 12.1 Å². The summed E-state index contributed by atoms with van der Waals surface area (Å²) in [6.45, 7) is 7.71. The molecule has 0 radical (unpaired) electrons. The lowest BCUT2D eigenvalue weighted by atomic mass is 9.73. The van der Waals surface area contributed by atoms with E-state index < -0.39 is 0 Å². The summed E-state index contributed by atoms with van der Waals surface area (Å²) in [6.07, 6.45) is 2.02. The Hall–Kier alpha value is -1.04. The van der Waals surface area contributed by atoms with E-state index in [4.69, 9.17) is 0 Å². The fourth-order valence-corrected chi connectivity index (χ4v) is 5.10. The Labute approximate surface area is 157 Å². The van der Waals surface area contributed by atoms with Crippen molar-refractivity contribution in [1.29, 1.82) is 0 Å². The van der Waals surface area contributed by atoms with Crippen molar-refractivity contribution in [2.75, 3.05) is 0 Å². The predicted octanol–water partition coefficient (Wildman–Crippen LogP) is 4.58. The summed E-state index contributed by atoms with van der Waals surface area (Å²) in [5, 5.41) is 23.5. The molecule has 0 spiro atoms. The zero-order valence-electron chi connectivity index (χ0n) is 14.2. The molecule has 1 aromatic heterocycles. The van der Waals surface area contributed by atoms with Gasteiger partial charge in [-0.25, -0.2) is 0 Å². The Kier molecular flexibility index (Phi) is 4.47. The molecule has 3 nitrogen and oxygen atoms in total. The first-order chi connectivity index (χ1) is 10.8. The molecule has 3 N–H and O–H groups in total. The van der Waals surface area contributed by atoms with Crippen LogP contribution in [-0.4, -0.2) is 16.3 Å². The molecule has 0 saturated carbocycles. The SMILES string of the molecule is Br.CC(C)(C)c1cc2c(s1)CNC1CCc3cc(O)c(O)cc3C21. The van der Waals surface area contributed by atoms with Crippen molar-refractivity contribution in [3.8, 4) is 11.5 Å². The number of halogens is 1. The number of aryl methyl sites for hydroxylation is 1. The van der Waals surface area contributed by atoms with Crippen molar-refractivity contribution in [3.05, 3.63) is 44.6 Å². The fourth-order valence-electron chi connectivity index (χ4n) is 3.88. The molecule has 2 unspecified atom stereocenters. The lowest BCUT2D eigenvalue weighted by Crippen LogP contribution is -2.41. The average Bonchev–Trinajstić information content (AvgIpc) is 2.92. The van der Waals surface area contributed by atoms with Gasteiger partial charge in [0.25, 0.3) is 0 Å². The molecule has 130 valence electrons. The zero-order valence-corrected chi connectivity index (χ0v) is 16.7. The number of benzene rings is 1. The highest BCUT2D eigenvalue weighted by Gasteiger charge is 2.37. The normalized spacial score (nSPS) is 22.1. The van der Waals surface area contributed by atoms with Gasteiger partial charge in [0.15, 0.2) is 11.5 Å². The Balaban J connectivity index is 0.00000169. The molecule has 1 aliphatic heterocycles. The summed E-state index contributed by atoms with van der Waals surface area (Å²) in [5.74, 6) is 0.260. The highest BCUT2D eigenvalue weighted by molar-refractivity contribution is 8.93. The van der Waals surface area contributed by atoms with Crippen LogP contribution in [0.25, 0.3) is 0 Å². The van der Waals surface area contributed by atoms with Crippen LogP contribution in [0.15, 0.2) is 18.2 Å². The van der Waals surface area contributed by atoms with Crippen molar-refractivity contribution in [2.24, 2.45) is 0 Å². The summed E-state index contributed by atoms with van der Waals surface area (Å²) in [6, 6.07) is 6.30. The minimum Gasteiger partial charge on any atom is -0.504 e. The standard InChI is InChI=1S/C19H23NO2S.BrH/c1-19(2,3)17-8-12-16(23-17)9-20-13-5-4-10-6-14(21)15(22)7-11(10)18(12)13;/h6-8,13,18,20-22H,4-5,9H2,1-3H3;1H. The van der Waals surface area contributed by atoms with Crippen LogP contribution >= 0.6 is 28.3 Å². The highest BCUT2D eigenvalue weighted by atomic mass is 79.9.